The van der Waals surface area contributed by atoms with Gasteiger partial charge in [0.1, 0.15) is 5.82 Å². The number of anilines is 2. The predicted molar refractivity (Wildman–Crippen MR) is 164 cm³/mol. The predicted octanol–water partition coefficient (Wildman–Crippen LogP) is 7.65. The van der Waals surface area contributed by atoms with Crippen LogP contribution < -0.4 is 10.2 Å². The van der Waals surface area contributed by atoms with Gasteiger partial charge in [-0.25, -0.2) is 19.3 Å². The summed E-state index contributed by atoms with van der Waals surface area (Å²) in [5, 5.41) is 4.37. The van der Waals surface area contributed by atoms with E-state index in [4.69, 9.17) is 9.97 Å². The lowest BCUT2D eigenvalue weighted by molar-refractivity contribution is 0.276. The Morgan fingerprint density at radius 2 is 1.70 bits per heavy atom. The summed E-state index contributed by atoms with van der Waals surface area (Å²) in [6, 6.07) is 18.7. The van der Waals surface area contributed by atoms with Crippen LogP contribution in [0.1, 0.15) is 45.7 Å². The Kier molecular flexibility index (Phi) is 8.17. The molecule has 0 spiro atoms. The number of piperazine rings is 1. The van der Waals surface area contributed by atoms with E-state index < -0.39 is 0 Å². The third-order valence-corrected chi connectivity index (χ3v) is 8.14. The highest BCUT2D eigenvalue weighted by atomic mass is 32.1. The van der Waals surface area contributed by atoms with E-state index in [1.165, 1.54) is 17.8 Å². The molecule has 0 amide bonds. The fourth-order valence-electron chi connectivity index (χ4n) is 4.93. The summed E-state index contributed by atoms with van der Waals surface area (Å²) in [4.78, 5) is 20.1. The topological polar surface area (TPSA) is 57.2 Å². The number of hydrogen-bond donors (Lipinski definition) is 1. The van der Waals surface area contributed by atoms with Crippen LogP contribution in [-0.2, 0) is 0 Å². The molecule has 2 aromatic carbocycles. The molecule has 208 valence electrons. The van der Waals surface area contributed by atoms with Gasteiger partial charge in [-0.15, -0.1) is 0 Å². The molecule has 0 aliphatic carbocycles. The van der Waals surface area contributed by atoms with Crippen LogP contribution in [0.4, 0.5) is 15.5 Å². The first-order chi connectivity index (χ1) is 19.2. The van der Waals surface area contributed by atoms with E-state index in [9.17, 15) is 4.39 Å². The lowest BCUT2D eigenvalue weighted by Crippen LogP contribution is -2.46. The van der Waals surface area contributed by atoms with Crippen molar-refractivity contribution >= 4 is 22.4 Å². The largest absolute Gasteiger partial charge is 0.372 e. The van der Waals surface area contributed by atoms with E-state index in [0.29, 0.717) is 5.95 Å². The van der Waals surface area contributed by atoms with Gasteiger partial charge in [0.25, 0.3) is 0 Å². The molecule has 8 heteroatoms. The van der Waals surface area contributed by atoms with E-state index in [-0.39, 0.29) is 17.3 Å². The summed E-state index contributed by atoms with van der Waals surface area (Å²) < 4.78 is 13.8. The molecule has 0 saturated carbocycles. The van der Waals surface area contributed by atoms with Crippen LogP contribution in [0.25, 0.3) is 21.8 Å². The molecular formula is C32H37FN6S. The molecule has 1 atom stereocenters. The molecule has 1 aliphatic heterocycles. The molecule has 3 heterocycles. The van der Waals surface area contributed by atoms with Gasteiger partial charge in [0, 0.05) is 43.6 Å². The second-order valence-corrected chi connectivity index (χ2v) is 12.5. The zero-order valence-corrected chi connectivity index (χ0v) is 24.5. The molecule has 5 rings (SSSR count). The normalized spacial score (nSPS) is 14.7. The average Bonchev–Trinajstić information content (AvgIpc) is 3.39. The van der Waals surface area contributed by atoms with Crippen LogP contribution in [0.5, 0.6) is 0 Å². The number of hydrogen-bond acceptors (Lipinski definition) is 7. The van der Waals surface area contributed by atoms with Crippen LogP contribution in [0, 0.1) is 11.2 Å². The fraction of sp³-hybridized carbons (Fsp3) is 0.344. The molecule has 1 fully saturated rings. The van der Waals surface area contributed by atoms with Crippen LogP contribution in [0.3, 0.4) is 0 Å². The van der Waals surface area contributed by atoms with E-state index in [1.807, 2.05) is 24.3 Å². The molecule has 4 aromatic rings. The number of allylic oxidation sites excluding steroid dienone is 1. The first kappa shape index (κ1) is 27.8. The third kappa shape index (κ3) is 6.67. The van der Waals surface area contributed by atoms with E-state index in [0.717, 1.165) is 65.1 Å². The molecule has 1 saturated heterocycles. The quantitative estimate of drug-likeness (QED) is 0.241. The maximum Gasteiger partial charge on any atom is 0.223 e. The smallest absolute Gasteiger partial charge is 0.223 e. The monoisotopic (exact) mass is 556 g/mol. The highest BCUT2D eigenvalue weighted by Gasteiger charge is 2.25. The minimum absolute atomic E-state index is 0.0503. The van der Waals surface area contributed by atoms with Crippen molar-refractivity contribution in [2.75, 3.05) is 36.4 Å². The Balaban J connectivity index is 1.41. The lowest BCUT2D eigenvalue weighted by atomic mass is 9.90. The van der Waals surface area contributed by atoms with Crippen LogP contribution in [-0.4, -0.2) is 46.0 Å². The van der Waals surface area contributed by atoms with Crippen LogP contribution in [0.15, 0.2) is 79.1 Å². The first-order valence-electron chi connectivity index (χ1n) is 13.8. The van der Waals surface area contributed by atoms with Crippen molar-refractivity contribution in [3.05, 3.63) is 90.5 Å². The standard InChI is InChI=1S/C32H37FN6S/c1-22(21-32(3,4)5)38-17-19-39(20-18-38)31-37-28(25-11-13-26(33)14-12-25)29(40-31)27-15-16-34-30(36-27)35-23(2)24-9-7-6-8-10-24/h6-16,23H,1,17-21H2,2-5H3,(H,34,35,36). The van der Waals surface area contributed by atoms with Gasteiger partial charge in [-0.05, 0) is 54.7 Å². The Bertz CT molecular complexity index is 1440. The molecular weight excluding hydrogens is 519 g/mol. The number of halogens is 1. The average molecular weight is 557 g/mol. The summed E-state index contributed by atoms with van der Waals surface area (Å²) in [5.74, 6) is 0.288. The lowest BCUT2D eigenvalue weighted by Gasteiger charge is -2.38. The molecule has 1 unspecified atom stereocenters. The first-order valence-corrected chi connectivity index (χ1v) is 14.6. The molecule has 6 nitrogen and oxygen atoms in total. The Morgan fingerprint density at radius 3 is 2.38 bits per heavy atom. The van der Waals surface area contributed by atoms with Gasteiger partial charge in [-0.3, -0.25) is 0 Å². The summed E-state index contributed by atoms with van der Waals surface area (Å²) >= 11 is 1.62. The summed E-state index contributed by atoms with van der Waals surface area (Å²) in [6.45, 7) is 16.8. The van der Waals surface area contributed by atoms with Crippen molar-refractivity contribution in [1.82, 2.24) is 19.9 Å². The Labute approximate surface area is 240 Å². The molecule has 40 heavy (non-hydrogen) atoms. The highest BCUT2D eigenvalue weighted by Crippen LogP contribution is 2.40. The van der Waals surface area contributed by atoms with Crippen molar-refractivity contribution in [2.24, 2.45) is 5.41 Å². The van der Waals surface area contributed by atoms with Crippen molar-refractivity contribution in [1.29, 1.82) is 0 Å². The second kappa shape index (κ2) is 11.8. The minimum atomic E-state index is -0.268. The van der Waals surface area contributed by atoms with Gasteiger partial charge in [-0.2, -0.15) is 0 Å². The summed E-state index contributed by atoms with van der Waals surface area (Å²) in [7, 11) is 0. The third-order valence-electron chi connectivity index (χ3n) is 7.00. The van der Waals surface area contributed by atoms with Crippen molar-refractivity contribution in [2.45, 2.75) is 40.2 Å². The van der Waals surface area contributed by atoms with E-state index in [1.54, 1.807) is 29.7 Å². The summed E-state index contributed by atoms with van der Waals surface area (Å²) in [6.07, 6.45) is 2.76. The van der Waals surface area contributed by atoms with Gasteiger partial charge in [0.05, 0.1) is 22.3 Å². The van der Waals surface area contributed by atoms with Crippen LogP contribution >= 0.6 is 11.3 Å². The molecule has 1 N–H and O–H groups in total. The molecule has 1 aliphatic rings. The zero-order valence-electron chi connectivity index (χ0n) is 23.7. The number of thiazole rings is 1. The molecule has 0 radical (unpaired) electrons. The molecule has 0 bridgehead atoms. The summed E-state index contributed by atoms with van der Waals surface area (Å²) in [5.41, 5.74) is 5.03. The Hall–Kier alpha value is -3.78. The van der Waals surface area contributed by atoms with Gasteiger partial charge in [0.15, 0.2) is 5.13 Å². The van der Waals surface area contributed by atoms with Gasteiger partial charge in [0.2, 0.25) is 5.95 Å². The van der Waals surface area contributed by atoms with Gasteiger partial charge < -0.3 is 15.1 Å². The van der Waals surface area contributed by atoms with Crippen molar-refractivity contribution in [3.8, 4) is 21.8 Å². The number of nitrogens with one attached hydrogen (secondary N) is 1. The van der Waals surface area contributed by atoms with Gasteiger partial charge >= 0.3 is 0 Å². The van der Waals surface area contributed by atoms with Crippen molar-refractivity contribution in [3.63, 3.8) is 0 Å². The fourth-order valence-corrected chi connectivity index (χ4v) is 6.04. The highest BCUT2D eigenvalue weighted by molar-refractivity contribution is 7.19. The van der Waals surface area contributed by atoms with Crippen LogP contribution in [0.2, 0.25) is 0 Å². The van der Waals surface area contributed by atoms with E-state index in [2.05, 4.69) is 66.5 Å². The number of nitrogens with zero attached hydrogens (tertiary/aromatic N) is 5. The SMILES string of the molecule is C=C(CC(C)(C)C)N1CCN(c2nc(-c3ccc(F)cc3)c(-c3ccnc(NC(C)c4ccccc4)n3)s2)CC1. The number of aromatic nitrogens is 3. The maximum atomic E-state index is 13.8. The number of rotatable bonds is 8. The maximum absolute atomic E-state index is 13.8. The molecule has 2 aromatic heterocycles. The van der Waals surface area contributed by atoms with Gasteiger partial charge in [-0.1, -0.05) is 69.0 Å². The second-order valence-electron chi connectivity index (χ2n) is 11.5. The minimum Gasteiger partial charge on any atom is -0.372 e. The number of benzene rings is 2. The zero-order chi connectivity index (χ0) is 28.3. The Morgan fingerprint density at radius 1 is 1.00 bits per heavy atom. The van der Waals surface area contributed by atoms with E-state index >= 15 is 0 Å². The van der Waals surface area contributed by atoms with Crippen molar-refractivity contribution < 1.29 is 4.39 Å².